The monoisotopic (exact) mass is 173 g/mol. The van der Waals surface area contributed by atoms with Crippen molar-refractivity contribution < 1.29 is 14.2 Å². The van der Waals surface area contributed by atoms with Crippen molar-refractivity contribution in [3.05, 3.63) is 0 Å². The van der Waals surface area contributed by atoms with E-state index in [1.165, 1.54) is 0 Å². The summed E-state index contributed by atoms with van der Waals surface area (Å²) < 4.78 is 16.1. The number of hydrogen-bond acceptors (Lipinski definition) is 4. The highest BCUT2D eigenvalue weighted by Crippen LogP contribution is 2.08. The zero-order valence-electron chi connectivity index (χ0n) is 7.12. The fourth-order valence-electron chi connectivity index (χ4n) is 1.28. The topological polar surface area (TPSA) is 39.7 Å². The highest BCUT2D eigenvalue weighted by atomic mass is 16.7. The van der Waals surface area contributed by atoms with Crippen molar-refractivity contribution in [2.45, 2.75) is 18.8 Å². The minimum Gasteiger partial charge on any atom is -0.375 e. The molecule has 0 aromatic heterocycles. The lowest BCUT2D eigenvalue weighted by molar-refractivity contribution is -0.0746. The summed E-state index contributed by atoms with van der Waals surface area (Å²) in [6, 6.07) is 0. The van der Waals surface area contributed by atoms with Gasteiger partial charge < -0.3 is 19.5 Å². The Bertz CT molecular complexity index is 132. The van der Waals surface area contributed by atoms with Crippen molar-refractivity contribution in [1.82, 2.24) is 5.32 Å². The highest BCUT2D eigenvalue weighted by Gasteiger charge is 2.19. The summed E-state index contributed by atoms with van der Waals surface area (Å²) in [5, 5.41) is 3.15. The van der Waals surface area contributed by atoms with Crippen LogP contribution in [0, 0.1) is 0 Å². The summed E-state index contributed by atoms with van der Waals surface area (Å²) in [6.07, 6.45) is 1.26. The first-order valence-corrected chi connectivity index (χ1v) is 4.50. The summed E-state index contributed by atoms with van der Waals surface area (Å²) in [5.74, 6) is 0. The quantitative estimate of drug-likeness (QED) is 0.635. The van der Waals surface area contributed by atoms with Crippen molar-refractivity contribution in [2.24, 2.45) is 0 Å². The normalized spacial score (nSPS) is 26.0. The fraction of sp³-hybridized carbons (Fsp3) is 1.00. The van der Waals surface area contributed by atoms with E-state index in [1.807, 2.05) is 0 Å². The maximum absolute atomic E-state index is 5.52. The molecule has 0 unspecified atom stereocenters. The first-order chi connectivity index (χ1) is 5.95. The average Bonchev–Trinajstić information content (AvgIpc) is 2.46. The average molecular weight is 173 g/mol. The molecule has 2 fully saturated rings. The zero-order valence-corrected chi connectivity index (χ0v) is 7.12. The first-order valence-electron chi connectivity index (χ1n) is 4.50. The molecule has 0 radical (unpaired) electrons. The zero-order chi connectivity index (χ0) is 8.23. The van der Waals surface area contributed by atoms with Gasteiger partial charge in [-0.3, -0.25) is 0 Å². The van der Waals surface area contributed by atoms with E-state index < -0.39 is 0 Å². The first kappa shape index (κ1) is 8.44. The number of nitrogens with one attached hydrogen (secondary N) is 1. The van der Waals surface area contributed by atoms with Crippen LogP contribution in [0.25, 0.3) is 0 Å². The van der Waals surface area contributed by atoms with E-state index in [0.717, 1.165) is 39.3 Å². The SMILES string of the molecule is C(CC1OCCO1)OC1CNC1. The van der Waals surface area contributed by atoms with Gasteiger partial charge in [0.15, 0.2) is 6.29 Å². The summed E-state index contributed by atoms with van der Waals surface area (Å²) >= 11 is 0. The maximum atomic E-state index is 5.52. The van der Waals surface area contributed by atoms with Gasteiger partial charge in [-0.15, -0.1) is 0 Å². The van der Waals surface area contributed by atoms with Gasteiger partial charge in [0.05, 0.1) is 25.9 Å². The van der Waals surface area contributed by atoms with E-state index in [9.17, 15) is 0 Å². The smallest absolute Gasteiger partial charge is 0.160 e. The summed E-state index contributed by atoms with van der Waals surface area (Å²) in [4.78, 5) is 0. The third kappa shape index (κ3) is 2.17. The second-order valence-electron chi connectivity index (χ2n) is 3.11. The molecule has 0 saturated carbocycles. The van der Waals surface area contributed by atoms with Gasteiger partial charge >= 0.3 is 0 Å². The van der Waals surface area contributed by atoms with E-state index >= 15 is 0 Å². The maximum Gasteiger partial charge on any atom is 0.160 e. The standard InChI is InChI=1S/C8H15NO3/c1(8-11-3-4-12-8)2-10-7-5-9-6-7/h7-9H,1-6H2. The largest absolute Gasteiger partial charge is 0.375 e. The van der Waals surface area contributed by atoms with Gasteiger partial charge in [-0.05, 0) is 0 Å². The predicted octanol–water partition coefficient (Wildman–Crippen LogP) is -0.262. The van der Waals surface area contributed by atoms with Crippen LogP contribution in [0.3, 0.4) is 0 Å². The Balaban J connectivity index is 1.49. The van der Waals surface area contributed by atoms with E-state index in [1.54, 1.807) is 0 Å². The van der Waals surface area contributed by atoms with E-state index in [2.05, 4.69) is 5.32 Å². The van der Waals surface area contributed by atoms with Crippen LogP contribution in [0.2, 0.25) is 0 Å². The van der Waals surface area contributed by atoms with E-state index in [4.69, 9.17) is 14.2 Å². The molecule has 2 aliphatic rings. The molecule has 0 atom stereocenters. The Hall–Kier alpha value is -0.160. The van der Waals surface area contributed by atoms with E-state index in [-0.39, 0.29) is 6.29 Å². The van der Waals surface area contributed by atoms with Crippen molar-refractivity contribution in [2.75, 3.05) is 32.9 Å². The Morgan fingerprint density at radius 3 is 2.58 bits per heavy atom. The van der Waals surface area contributed by atoms with Gasteiger partial charge in [0.1, 0.15) is 0 Å². The second kappa shape index (κ2) is 4.18. The van der Waals surface area contributed by atoms with Crippen LogP contribution >= 0.6 is 0 Å². The van der Waals surface area contributed by atoms with Gasteiger partial charge in [-0.2, -0.15) is 0 Å². The Kier molecular flexibility index (Phi) is 2.94. The molecule has 70 valence electrons. The molecule has 4 nitrogen and oxygen atoms in total. The van der Waals surface area contributed by atoms with Gasteiger partial charge in [-0.1, -0.05) is 0 Å². The second-order valence-corrected chi connectivity index (χ2v) is 3.11. The van der Waals surface area contributed by atoms with Crippen LogP contribution < -0.4 is 5.32 Å². The van der Waals surface area contributed by atoms with Crippen LogP contribution in [-0.2, 0) is 14.2 Å². The molecule has 2 heterocycles. The molecule has 2 saturated heterocycles. The minimum absolute atomic E-state index is 0.0157. The third-order valence-electron chi connectivity index (χ3n) is 2.14. The molecule has 0 amide bonds. The Morgan fingerprint density at radius 2 is 2.00 bits per heavy atom. The van der Waals surface area contributed by atoms with E-state index in [0.29, 0.717) is 6.10 Å². The van der Waals surface area contributed by atoms with Crippen molar-refractivity contribution in [3.63, 3.8) is 0 Å². The lowest BCUT2D eigenvalue weighted by atomic mass is 10.2. The molecular formula is C8H15NO3. The van der Waals surface area contributed by atoms with Gasteiger partial charge in [0, 0.05) is 19.5 Å². The Labute approximate surface area is 72.2 Å². The molecule has 0 aromatic rings. The van der Waals surface area contributed by atoms with Crippen LogP contribution in [0.1, 0.15) is 6.42 Å². The molecular weight excluding hydrogens is 158 g/mol. The lowest BCUT2D eigenvalue weighted by Crippen LogP contribution is -2.48. The molecule has 0 aliphatic carbocycles. The fourth-order valence-corrected chi connectivity index (χ4v) is 1.28. The molecule has 0 aromatic carbocycles. The minimum atomic E-state index is -0.0157. The van der Waals surface area contributed by atoms with Crippen molar-refractivity contribution in [3.8, 4) is 0 Å². The van der Waals surface area contributed by atoms with Gasteiger partial charge in [0.25, 0.3) is 0 Å². The van der Waals surface area contributed by atoms with Crippen molar-refractivity contribution in [1.29, 1.82) is 0 Å². The van der Waals surface area contributed by atoms with Gasteiger partial charge in [-0.25, -0.2) is 0 Å². The van der Waals surface area contributed by atoms with Crippen LogP contribution in [0.4, 0.5) is 0 Å². The molecule has 2 aliphatic heterocycles. The number of hydrogen-bond donors (Lipinski definition) is 1. The number of ether oxygens (including phenoxy) is 3. The molecule has 0 bridgehead atoms. The molecule has 12 heavy (non-hydrogen) atoms. The van der Waals surface area contributed by atoms with Gasteiger partial charge in [0.2, 0.25) is 0 Å². The number of rotatable bonds is 4. The molecule has 1 N–H and O–H groups in total. The third-order valence-corrected chi connectivity index (χ3v) is 2.14. The summed E-state index contributed by atoms with van der Waals surface area (Å²) in [7, 11) is 0. The summed E-state index contributed by atoms with van der Waals surface area (Å²) in [6.45, 7) is 4.20. The van der Waals surface area contributed by atoms with Crippen molar-refractivity contribution >= 4 is 0 Å². The van der Waals surface area contributed by atoms with Crippen LogP contribution in [0.15, 0.2) is 0 Å². The predicted molar refractivity (Wildman–Crippen MR) is 42.9 cm³/mol. The summed E-state index contributed by atoms with van der Waals surface area (Å²) in [5.41, 5.74) is 0. The molecule has 4 heteroatoms. The highest BCUT2D eigenvalue weighted by molar-refractivity contribution is 4.74. The molecule has 2 rings (SSSR count). The molecule has 0 spiro atoms. The lowest BCUT2D eigenvalue weighted by Gasteiger charge is -2.27. The van der Waals surface area contributed by atoms with Crippen LogP contribution in [-0.4, -0.2) is 45.3 Å². The van der Waals surface area contributed by atoms with Crippen LogP contribution in [0.5, 0.6) is 0 Å². The Morgan fingerprint density at radius 1 is 1.25 bits per heavy atom.